The number of carbonyl (C=O) groups excluding carboxylic acids is 3. The van der Waals surface area contributed by atoms with Crippen molar-refractivity contribution in [3.8, 4) is 0 Å². The number of rotatable bonds is 7. The molecule has 0 heterocycles. The molecular weight excluding hydrogens is 413 g/mol. The van der Waals surface area contributed by atoms with Crippen molar-refractivity contribution in [3.05, 3.63) is 64.7 Å². The van der Waals surface area contributed by atoms with E-state index in [0.29, 0.717) is 10.6 Å². The van der Waals surface area contributed by atoms with Gasteiger partial charge in [-0.05, 0) is 18.2 Å². The van der Waals surface area contributed by atoms with E-state index in [0.717, 1.165) is 11.2 Å². The first-order valence-corrected chi connectivity index (χ1v) is 9.08. The van der Waals surface area contributed by atoms with Gasteiger partial charge in [-0.3, -0.25) is 19.3 Å². The van der Waals surface area contributed by atoms with Crippen LogP contribution in [0.4, 0.5) is 5.69 Å². The molecule has 140 valence electrons. The molecule has 9 heteroatoms. The lowest BCUT2D eigenvalue weighted by atomic mass is 10.0. The molecule has 0 fully saturated rings. The van der Waals surface area contributed by atoms with E-state index in [1.807, 2.05) is 0 Å². The second-order valence-electron chi connectivity index (χ2n) is 5.17. The Kier molecular flexibility index (Phi) is 7.79. The molecule has 0 aromatic heterocycles. The molecule has 1 N–H and O–H groups in total. The number of carbonyl (C=O) groups is 3. The molecule has 0 saturated heterocycles. The number of anilines is 1. The topological polar surface area (TPSA) is 78.8 Å². The van der Waals surface area contributed by atoms with Crippen LogP contribution in [-0.4, -0.2) is 35.7 Å². The van der Waals surface area contributed by atoms with Crippen LogP contribution in [-0.2, 0) is 9.59 Å². The third-order valence-electron chi connectivity index (χ3n) is 3.37. The Labute approximate surface area is 170 Å². The normalized spacial score (nSPS) is 10.6. The maximum Gasteiger partial charge on any atom is 0.255 e. The predicted molar refractivity (Wildman–Crippen MR) is 107 cm³/mol. The maximum absolute atomic E-state index is 12.9. The zero-order chi connectivity index (χ0) is 19.8. The number of hydrazone groups is 1. The number of nitrogens with one attached hydrogen (secondary N) is 1. The minimum absolute atomic E-state index is 0.183. The van der Waals surface area contributed by atoms with Crippen molar-refractivity contribution in [2.45, 2.75) is 0 Å². The van der Waals surface area contributed by atoms with Crippen molar-refractivity contribution in [2.75, 3.05) is 16.7 Å². The number of nitrogens with zero attached hydrogens (tertiary/aromatic N) is 2. The number of amides is 2. The Balaban J connectivity index is 2.48. The minimum Gasteiger partial charge on any atom is -0.289 e. The van der Waals surface area contributed by atoms with Gasteiger partial charge in [0.05, 0.1) is 5.69 Å². The van der Waals surface area contributed by atoms with E-state index in [4.69, 9.17) is 34.8 Å². The van der Waals surface area contributed by atoms with Crippen molar-refractivity contribution < 1.29 is 14.4 Å². The first-order valence-electron chi connectivity index (χ1n) is 7.63. The summed E-state index contributed by atoms with van der Waals surface area (Å²) in [6, 6.07) is 13.0. The number of hydrogen-bond acceptors (Lipinski definition) is 4. The molecule has 2 amide bonds. The standard InChI is InChI=1S/C18H14Cl3N3O3/c19-9-16(25)23-22-11-24(17(26)10-20)15-7-6-13(21)8-14(15)18(27)12-4-2-1-3-5-12/h1-8,11H,9-10H2,(H,23,25)/b22-11+. The van der Waals surface area contributed by atoms with Crippen molar-refractivity contribution in [1.29, 1.82) is 0 Å². The third kappa shape index (κ3) is 5.53. The van der Waals surface area contributed by atoms with Gasteiger partial charge in [-0.25, -0.2) is 5.43 Å². The highest BCUT2D eigenvalue weighted by molar-refractivity contribution is 6.33. The van der Waals surface area contributed by atoms with Crippen LogP contribution in [0.25, 0.3) is 0 Å². The molecule has 0 spiro atoms. The molecule has 6 nitrogen and oxygen atoms in total. The monoisotopic (exact) mass is 425 g/mol. The van der Waals surface area contributed by atoms with Crippen LogP contribution in [0.2, 0.25) is 5.02 Å². The lowest BCUT2D eigenvalue weighted by molar-refractivity contribution is -0.119. The van der Waals surface area contributed by atoms with Gasteiger partial charge in [0.25, 0.3) is 5.91 Å². The summed E-state index contributed by atoms with van der Waals surface area (Å²) in [5.74, 6) is -2.09. The largest absolute Gasteiger partial charge is 0.289 e. The second kappa shape index (κ2) is 10.1. The van der Waals surface area contributed by atoms with Crippen molar-refractivity contribution in [2.24, 2.45) is 5.10 Å². The zero-order valence-electron chi connectivity index (χ0n) is 13.9. The molecule has 0 aliphatic carbocycles. The minimum atomic E-state index is -0.553. The second-order valence-corrected chi connectivity index (χ2v) is 6.14. The van der Waals surface area contributed by atoms with Gasteiger partial charge in [-0.2, -0.15) is 5.10 Å². The van der Waals surface area contributed by atoms with Gasteiger partial charge in [0, 0.05) is 16.1 Å². The van der Waals surface area contributed by atoms with Crippen molar-refractivity contribution in [3.63, 3.8) is 0 Å². The summed E-state index contributed by atoms with van der Waals surface area (Å²) in [5, 5.41) is 4.00. The van der Waals surface area contributed by atoms with Crippen LogP contribution >= 0.6 is 34.8 Å². The summed E-state index contributed by atoms with van der Waals surface area (Å²) < 4.78 is 0. The fourth-order valence-corrected chi connectivity index (χ4v) is 2.52. The fourth-order valence-electron chi connectivity index (χ4n) is 2.16. The first kappa shape index (κ1) is 20.9. The van der Waals surface area contributed by atoms with Gasteiger partial charge in [0.15, 0.2) is 5.78 Å². The Bertz CT molecular complexity index is 873. The maximum atomic E-state index is 12.9. The van der Waals surface area contributed by atoms with E-state index in [1.54, 1.807) is 30.3 Å². The SMILES string of the molecule is O=C(CCl)N/N=C/N(C(=O)CCl)c1ccc(Cl)cc1C(=O)c1ccccc1. The van der Waals surface area contributed by atoms with E-state index < -0.39 is 11.8 Å². The molecule has 0 atom stereocenters. The zero-order valence-corrected chi connectivity index (χ0v) is 16.1. The summed E-state index contributed by atoms with van der Waals surface area (Å²) in [6.07, 6.45) is 1.06. The molecule has 0 aliphatic rings. The highest BCUT2D eigenvalue weighted by Gasteiger charge is 2.21. The summed E-state index contributed by atoms with van der Waals surface area (Å²) in [5.41, 5.74) is 2.98. The van der Waals surface area contributed by atoms with Gasteiger partial charge in [0.2, 0.25) is 5.91 Å². The Morgan fingerprint density at radius 1 is 1.04 bits per heavy atom. The smallest absolute Gasteiger partial charge is 0.255 e. The van der Waals surface area contributed by atoms with E-state index in [1.165, 1.54) is 18.2 Å². The van der Waals surface area contributed by atoms with E-state index in [9.17, 15) is 14.4 Å². The Morgan fingerprint density at radius 3 is 2.37 bits per heavy atom. The van der Waals surface area contributed by atoms with E-state index in [2.05, 4.69) is 10.5 Å². The van der Waals surface area contributed by atoms with Crippen molar-refractivity contribution >= 4 is 64.4 Å². The number of halogens is 3. The van der Waals surface area contributed by atoms with Gasteiger partial charge in [-0.15, -0.1) is 23.2 Å². The molecule has 0 radical (unpaired) electrons. The molecule has 0 unspecified atom stereocenters. The lowest BCUT2D eigenvalue weighted by Gasteiger charge is -2.20. The van der Waals surface area contributed by atoms with Gasteiger partial charge in [0.1, 0.15) is 18.1 Å². The summed E-state index contributed by atoms with van der Waals surface area (Å²) >= 11 is 17.1. The summed E-state index contributed by atoms with van der Waals surface area (Å²) in [6.45, 7) is 0. The number of benzene rings is 2. The molecule has 0 aliphatic heterocycles. The van der Waals surface area contributed by atoms with Gasteiger partial charge in [-0.1, -0.05) is 41.9 Å². The molecule has 0 bridgehead atoms. The van der Waals surface area contributed by atoms with Crippen LogP contribution in [0.1, 0.15) is 15.9 Å². The molecule has 2 rings (SSSR count). The average molecular weight is 427 g/mol. The van der Waals surface area contributed by atoms with Crippen LogP contribution in [0, 0.1) is 0 Å². The van der Waals surface area contributed by atoms with Crippen LogP contribution < -0.4 is 10.3 Å². The highest BCUT2D eigenvalue weighted by atomic mass is 35.5. The number of ketones is 1. The van der Waals surface area contributed by atoms with E-state index >= 15 is 0 Å². The lowest BCUT2D eigenvalue weighted by Crippen LogP contribution is -2.33. The predicted octanol–water partition coefficient (Wildman–Crippen LogP) is 3.44. The molecule has 0 saturated carbocycles. The first-order chi connectivity index (χ1) is 13.0. The Hall–Kier alpha value is -2.41. The van der Waals surface area contributed by atoms with Gasteiger partial charge < -0.3 is 0 Å². The van der Waals surface area contributed by atoms with E-state index in [-0.39, 0.29) is 28.8 Å². The summed E-state index contributed by atoms with van der Waals surface area (Å²) in [7, 11) is 0. The van der Waals surface area contributed by atoms with Crippen LogP contribution in [0.5, 0.6) is 0 Å². The highest BCUT2D eigenvalue weighted by Crippen LogP contribution is 2.26. The Morgan fingerprint density at radius 2 is 1.74 bits per heavy atom. The summed E-state index contributed by atoms with van der Waals surface area (Å²) in [4.78, 5) is 37.5. The number of alkyl halides is 2. The van der Waals surface area contributed by atoms with Crippen LogP contribution in [0.15, 0.2) is 53.6 Å². The van der Waals surface area contributed by atoms with Crippen LogP contribution in [0.3, 0.4) is 0 Å². The quantitative estimate of drug-likeness (QED) is 0.242. The molecule has 2 aromatic rings. The fraction of sp³-hybridized carbons (Fsp3) is 0.111. The molecular formula is C18H14Cl3N3O3. The third-order valence-corrected chi connectivity index (χ3v) is 4.07. The molecule has 27 heavy (non-hydrogen) atoms. The van der Waals surface area contributed by atoms with Crippen molar-refractivity contribution in [1.82, 2.24) is 5.43 Å². The molecule has 2 aromatic carbocycles. The average Bonchev–Trinajstić information content (AvgIpc) is 2.70. The van der Waals surface area contributed by atoms with Gasteiger partial charge >= 0.3 is 0 Å². The number of hydrogen-bond donors (Lipinski definition) is 1.